The summed E-state index contributed by atoms with van der Waals surface area (Å²) >= 11 is 0. The third-order valence-electron chi connectivity index (χ3n) is 2.47. The lowest BCUT2D eigenvalue weighted by Gasteiger charge is -2.15. The van der Waals surface area contributed by atoms with E-state index in [4.69, 9.17) is 15.2 Å². The Labute approximate surface area is 97.6 Å². The quantitative estimate of drug-likeness (QED) is 0.754. The Morgan fingerprint density at radius 3 is 2.69 bits per heavy atom. The molecule has 16 heavy (non-hydrogen) atoms. The molecule has 1 atom stereocenters. The average Bonchev–Trinajstić information content (AvgIpc) is 2.29. The number of benzene rings is 1. The molecule has 1 aromatic carbocycles. The van der Waals surface area contributed by atoms with E-state index in [1.165, 1.54) is 0 Å². The third-order valence-corrected chi connectivity index (χ3v) is 2.47. The van der Waals surface area contributed by atoms with Crippen LogP contribution in [-0.2, 0) is 0 Å². The zero-order valence-electron chi connectivity index (χ0n) is 10.3. The molecule has 0 amide bonds. The van der Waals surface area contributed by atoms with Crippen molar-refractivity contribution in [2.24, 2.45) is 5.73 Å². The van der Waals surface area contributed by atoms with Crippen LogP contribution in [0.1, 0.15) is 38.3 Å². The Morgan fingerprint density at radius 1 is 1.38 bits per heavy atom. The van der Waals surface area contributed by atoms with Gasteiger partial charge in [0.1, 0.15) is 11.5 Å². The lowest BCUT2D eigenvalue weighted by atomic mass is 10.1. The molecule has 90 valence electrons. The molecule has 3 heteroatoms. The van der Waals surface area contributed by atoms with Crippen molar-refractivity contribution in [3.05, 3.63) is 23.8 Å². The second kappa shape index (κ2) is 6.38. The van der Waals surface area contributed by atoms with Crippen LogP contribution in [0, 0.1) is 0 Å². The monoisotopic (exact) mass is 223 g/mol. The third kappa shape index (κ3) is 3.42. The Hall–Kier alpha value is -1.22. The molecular weight excluding hydrogens is 202 g/mol. The molecule has 0 bridgehead atoms. The molecule has 0 saturated heterocycles. The highest BCUT2D eigenvalue weighted by molar-refractivity contribution is 5.42. The molecule has 0 aromatic heterocycles. The van der Waals surface area contributed by atoms with Crippen LogP contribution < -0.4 is 15.2 Å². The van der Waals surface area contributed by atoms with Crippen molar-refractivity contribution >= 4 is 0 Å². The van der Waals surface area contributed by atoms with Crippen molar-refractivity contribution in [1.29, 1.82) is 0 Å². The minimum absolute atomic E-state index is 0.0254. The topological polar surface area (TPSA) is 44.5 Å². The summed E-state index contributed by atoms with van der Waals surface area (Å²) in [5.74, 6) is 1.64. The highest BCUT2D eigenvalue weighted by Crippen LogP contribution is 2.28. The average molecular weight is 223 g/mol. The number of rotatable bonds is 6. The summed E-state index contributed by atoms with van der Waals surface area (Å²) in [6.07, 6.45) is 2.17. The van der Waals surface area contributed by atoms with Gasteiger partial charge in [-0.25, -0.2) is 0 Å². The van der Waals surface area contributed by atoms with E-state index in [-0.39, 0.29) is 6.04 Å². The lowest BCUT2D eigenvalue weighted by Crippen LogP contribution is -2.08. The molecule has 0 unspecified atom stereocenters. The largest absolute Gasteiger partial charge is 0.497 e. The maximum Gasteiger partial charge on any atom is 0.127 e. The van der Waals surface area contributed by atoms with Crippen LogP contribution >= 0.6 is 0 Å². The van der Waals surface area contributed by atoms with Crippen LogP contribution in [0.15, 0.2) is 18.2 Å². The van der Waals surface area contributed by atoms with Crippen LogP contribution in [0.2, 0.25) is 0 Å². The van der Waals surface area contributed by atoms with Gasteiger partial charge in [-0.05, 0) is 19.4 Å². The molecule has 0 aliphatic heterocycles. The zero-order chi connectivity index (χ0) is 12.0. The van der Waals surface area contributed by atoms with E-state index in [9.17, 15) is 0 Å². The van der Waals surface area contributed by atoms with E-state index in [0.717, 1.165) is 36.5 Å². The van der Waals surface area contributed by atoms with Crippen molar-refractivity contribution < 1.29 is 9.47 Å². The molecule has 0 saturated carbocycles. The van der Waals surface area contributed by atoms with Gasteiger partial charge >= 0.3 is 0 Å². The van der Waals surface area contributed by atoms with Gasteiger partial charge < -0.3 is 15.2 Å². The summed E-state index contributed by atoms with van der Waals surface area (Å²) in [7, 11) is 1.65. The molecule has 0 aliphatic carbocycles. The minimum Gasteiger partial charge on any atom is -0.497 e. The van der Waals surface area contributed by atoms with Gasteiger partial charge in [0, 0.05) is 17.7 Å². The van der Waals surface area contributed by atoms with Gasteiger partial charge in [-0.3, -0.25) is 0 Å². The molecule has 1 rings (SSSR count). The predicted molar refractivity (Wildman–Crippen MR) is 66.0 cm³/mol. The van der Waals surface area contributed by atoms with Crippen molar-refractivity contribution in [2.75, 3.05) is 13.7 Å². The molecule has 0 radical (unpaired) electrons. The van der Waals surface area contributed by atoms with Gasteiger partial charge in [0.25, 0.3) is 0 Å². The van der Waals surface area contributed by atoms with Crippen LogP contribution in [0.3, 0.4) is 0 Å². The Balaban J connectivity index is 2.83. The summed E-state index contributed by atoms with van der Waals surface area (Å²) in [6.45, 7) is 4.82. The van der Waals surface area contributed by atoms with Crippen molar-refractivity contribution in [2.45, 2.75) is 32.7 Å². The van der Waals surface area contributed by atoms with Gasteiger partial charge in [-0.2, -0.15) is 0 Å². The Bertz CT molecular complexity index is 324. The molecule has 1 aromatic rings. The van der Waals surface area contributed by atoms with Gasteiger partial charge in [0.2, 0.25) is 0 Å². The van der Waals surface area contributed by atoms with Crippen LogP contribution in [0.25, 0.3) is 0 Å². The van der Waals surface area contributed by atoms with E-state index < -0.39 is 0 Å². The standard InChI is InChI=1S/C13H21NO2/c1-4-5-8-16-13-9-11(15-3)6-7-12(13)10(2)14/h6-7,9-10H,4-5,8,14H2,1-3H3/t10-/m0/s1. The predicted octanol–water partition coefficient (Wildman–Crippen LogP) is 2.89. The lowest BCUT2D eigenvalue weighted by molar-refractivity contribution is 0.302. The van der Waals surface area contributed by atoms with Crippen molar-refractivity contribution in [1.82, 2.24) is 0 Å². The van der Waals surface area contributed by atoms with Gasteiger partial charge in [0.05, 0.1) is 13.7 Å². The second-order valence-corrected chi connectivity index (χ2v) is 3.89. The summed E-state index contributed by atoms with van der Waals surface area (Å²) in [4.78, 5) is 0. The molecular formula is C13H21NO2. The second-order valence-electron chi connectivity index (χ2n) is 3.89. The highest BCUT2D eigenvalue weighted by atomic mass is 16.5. The molecule has 0 heterocycles. The van der Waals surface area contributed by atoms with Crippen molar-refractivity contribution in [3.8, 4) is 11.5 Å². The first-order valence-corrected chi connectivity index (χ1v) is 5.75. The molecule has 2 N–H and O–H groups in total. The molecule has 0 aliphatic rings. The molecule has 3 nitrogen and oxygen atoms in total. The first kappa shape index (κ1) is 12.8. The smallest absolute Gasteiger partial charge is 0.127 e. The summed E-state index contributed by atoms with van der Waals surface area (Å²) in [5.41, 5.74) is 6.91. The van der Waals surface area contributed by atoms with Gasteiger partial charge in [-0.1, -0.05) is 19.4 Å². The number of hydrogen-bond acceptors (Lipinski definition) is 3. The SMILES string of the molecule is CCCCOc1cc(OC)ccc1[C@H](C)N. The summed E-state index contributed by atoms with van der Waals surface area (Å²) in [5, 5.41) is 0. The number of nitrogens with two attached hydrogens (primary N) is 1. The van der Waals surface area contributed by atoms with Crippen LogP contribution in [-0.4, -0.2) is 13.7 Å². The number of methoxy groups -OCH3 is 1. The van der Waals surface area contributed by atoms with E-state index in [0.29, 0.717) is 0 Å². The number of unbranched alkanes of at least 4 members (excludes halogenated alkanes) is 1. The van der Waals surface area contributed by atoms with E-state index in [2.05, 4.69) is 6.92 Å². The Kier molecular flexibility index (Phi) is 5.12. The highest BCUT2D eigenvalue weighted by Gasteiger charge is 2.09. The summed E-state index contributed by atoms with van der Waals surface area (Å²) in [6, 6.07) is 5.74. The molecule has 0 fully saturated rings. The van der Waals surface area contributed by atoms with E-state index in [1.54, 1.807) is 7.11 Å². The number of ether oxygens (including phenoxy) is 2. The fraction of sp³-hybridized carbons (Fsp3) is 0.538. The summed E-state index contributed by atoms with van der Waals surface area (Å²) < 4.78 is 10.9. The normalized spacial score (nSPS) is 12.2. The Morgan fingerprint density at radius 2 is 2.12 bits per heavy atom. The fourth-order valence-corrected chi connectivity index (χ4v) is 1.47. The van der Waals surface area contributed by atoms with Crippen LogP contribution in [0.5, 0.6) is 11.5 Å². The van der Waals surface area contributed by atoms with Gasteiger partial charge in [-0.15, -0.1) is 0 Å². The van der Waals surface area contributed by atoms with Crippen molar-refractivity contribution in [3.63, 3.8) is 0 Å². The molecule has 0 spiro atoms. The van der Waals surface area contributed by atoms with Gasteiger partial charge in [0.15, 0.2) is 0 Å². The first-order chi connectivity index (χ1) is 7.69. The van der Waals surface area contributed by atoms with E-state index >= 15 is 0 Å². The maximum absolute atomic E-state index is 5.89. The van der Waals surface area contributed by atoms with E-state index in [1.807, 2.05) is 25.1 Å². The van der Waals surface area contributed by atoms with Crippen LogP contribution in [0.4, 0.5) is 0 Å². The number of hydrogen-bond donors (Lipinski definition) is 1. The fourth-order valence-electron chi connectivity index (χ4n) is 1.47. The maximum atomic E-state index is 5.89. The first-order valence-electron chi connectivity index (χ1n) is 5.75. The minimum atomic E-state index is -0.0254. The zero-order valence-corrected chi connectivity index (χ0v) is 10.3.